The van der Waals surface area contributed by atoms with Crippen LogP contribution in [0.15, 0.2) is 53.5 Å². The molecule has 1 aliphatic rings. The summed E-state index contributed by atoms with van der Waals surface area (Å²) in [4.78, 5) is 7.03. The molecule has 1 unspecified atom stereocenters. The van der Waals surface area contributed by atoms with Crippen LogP contribution in [0.5, 0.6) is 11.5 Å². The summed E-state index contributed by atoms with van der Waals surface area (Å²) in [6.45, 7) is 8.80. The average molecular weight is 397 g/mol. The lowest BCUT2D eigenvalue weighted by Gasteiger charge is -2.27. The van der Waals surface area contributed by atoms with Gasteiger partial charge in [-0.2, -0.15) is 0 Å². The Bertz CT molecular complexity index is 809. The third kappa shape index (κ3) is 6.39. The molecule has 0 amide bonds. The van der Waals surface area contributed by atoms with E-state index in [-0.39, 0.29) is 6.10 Å². The molecule has 2 aromatic rings. The number of rotatable bonds is 8. The van der Waals surface area contributed by atoms with Crippen LogP contribution in [0.4, 0.5) is 0 Å². The molecule has 6 nitrogen and oxygen atoms in total. The van der Waals surface area contributed by atoms with Crippen molar-refractivity contribution in [1.29, 1.82) is 0 Å². The van der Waals surface area contributed by atoms with Crippen molar-refractivity contribution < 1.29 is 9.47 Å². The number of hydrogen-bond acceptors (Lipinski definition) is 4. The van der Waals surface area contributed by atoms with Gasteiger partial charge in [-0.25, -0.2) is 4.99 Å². The Morgan fingerprint density at radius 2 is 1.86 bits per heavy atom. The molecule has 0 radical (unpaired) electrons. The van der Waals surface area contributed by atoms with Crippen molar-refractivity contribution in [2.75, 3.05) is 33.3 Å². The van der Waals surface area contributed by atoms with Crippen molar-refractivity contribution in [3.63, 3.8) is 0 Å². The fourth-order valence-electron chi connectivity index (χ4n) is 3.14. The van der Waals surface area contributed by atoms with E-state index in [1.165, 1.54) is 11.1 Å². The van der Waals surface area contributed by atoms with Gasteiger partial charge in [-0.05, 0) is 43.8 Å². The van der Waals surface area contributed by atoms with Crippen molar-refractivity contribution in [3.05, 3.63) is 59.7 Å². The highest BCUT2D eigenvalue weighted by Gasteiger charge is 2.20. The van der Waals surface area contributed by atoms with Crippen LogP contribution in [-0.4, -0.2) is 50.3 Å². The van der Waals surface area contributed by atoms with Crippen LogP contribution in [0.2, 0.25) is 0 Å². The molecule has 3 rings (SSSR count). The van der Waals surface area contributed by atoms with Crippen LogP contribution in [-0.2, 0) is 13.1 Å². The van der Waals surface area contributed by atoms with E-state index < -0.39 is 0 Å². The number of fused-ring (bicyclic) bond motifs is 1. The average Bonchev–Trinajstić information content (AvgIpc) is 2.75. The molecule has 0 spiro atoms. The molecule has 1 atom stereocenters. The second-order valence-corrected chi connectivity index (χ2v) is 7.22. The van der Waals surface area contributed by atoms with E-state index in [1.807, 2.05) is 24.3 Å². The summed E-state index contributed by atoms with van der Waals surface area (Å²) in [5, 5.41) is 6.67. The van der Waals surface area contributed by atoms with Crippen LogP contribution < -0.4 is 20.1 Å². The zero-order valence-corrected chi connectivity index (χ0v) is 17.6. The van der Waals surface area contributed by atoms with E-state index in [4.69, 9.17) is 14.5 Å². The van der Waals surface area contributed by atoms with Gasteiger partial charge in [-0.15, -0.1) is 0 Å². The van der Waals surface area contributed by atoms with Gasteiger partial charge in [0.1, 0.15) is 12.7 Å². The van der Waals surface area contributed by atoms with Crippen LogP contribution in [0.1, 0.15) is 25.0 Å². The van der Waals surface area contributed by atoms with Crippen molar-refractivity contribution in [2.24, 2.45) is 4.99 Å². The molecule has 156 valence electrons. The molecule has 1 heterocycles. The molecule has 0 aliphatic carbocycles. The molecule has 0 bridgehead atoms. The fourth-order valence-corrected chi connectivity index (χ4v) is 3.14. The maximum absolute atomic E-state index is 6.01. The van der Waals surface area contributed by atoms with Gasteiger partial charge in [0.05, 0.1) is 13.1 Å². The lowest BCUT2D eigenvalue weighted by molar-refractivity contribution is 0.0936. The zero-order chi connectivity index (χ0) is 20.5. The Balaban J connectivity index is 1.56. The Labute approximate surface area is 173 Å². The molecule has 0 fully saturated rings. The van der Waals surface area contributed by atoms with Crippen molar-refractivity contribution in [3.8, 4) is 11.5 Å². The van der Waals surface area contributed by atoms with E-state index in [0.717, 1.165) is 37.1 Å². The second kappa shape index (κ2) is 10.7. The molecule has 0 saturated heterocycles. The van der Waals surface area contributed by atoms with Crippen LogP contribution in [0.25, 0.3) is 0 Å². The summed E-state index contributed by atoms with van der Waals surface area (Å²) in [6.07, 6.45) is -0.0540. The van der Waals surface area contributed by atoms with Gasteiger partial charge in [0.2, 0.25) is 0 Å². The topological polar surface area (TPSA) is 58.1 Å². The van der Waals surface area contributed by atoms with E-state index in [2.05, 4.69) is 60.7 Å². The lowest BCUT2D eigenvalue weighted by atomic mass is 10.1. The minimum absolute atomic E-state index is 0.0540. The molecular formula is C23H32N4O2. The molecule has 2 aromatic carbocycles. The summed E-state index contributed by atoms with van der Waals surface area (Å²) in [6, 6.07) is 16.4. The third-order valence-corrected chi connectivity index (χ3v) is 4.81. The fraction of sp³-hybridized carbons (Fsp3) is 0.435. The molecule has 0 saturated carbocycles. The van der Waals surface area contributed by atoms with Crippen molar-refractivity contribution in [1.82, 2.24) is 15.5 Å². The van der Waals surface area contributed by atoms with Crippen LogP contribution >= 0.6 is 0 Å². The molecule has 2 N–H and O–H groups in total. The number of nitrogens with zero attached hydrogens (tertiary/aromatic N) is 2. The predicted octanol–water partition coefficient (Wildman–Crippen LogP) is 3.03. The Hall–Kier alpha value is -2.73. The maximum atomic E-state index is 6.01. The summed E-state index contributed by atoms with van der Waals surface area (Å²) in [7, 11) is 2.13. The van der Waals surface area contributed by atoms with Gasteiger partial charge in [-0.1, -0.05) is 43.3 Å². The summed E-state index contributed by atoms with van der Waals surface area (Å²) in [5.41, 5.74) is 2.52. The van der Waals surface area contributed by atoms with Gasteiger partial charge in [-0.3, -0.25) is 0 Å². The molecular weight excluding hydrogens is 364 g/mol. The Morgan fingerprint density at radius 3 is 2.66 bits per heavy atom. The Morgan fingerprint density at radius 1 is 1.07 bits per heavy atom. The zero-order valence-electron chi connectivity index (χ0n) is 17.6. The Kier molecular flexibility index (Phi) is 7.76. The van der Waals surface area contributed by atoms with Crippen molar-refractivity contribution in [2.45, 2.75) is 33.0 Å². The largest absolute Gasteiger partial charge is 0.486 e. The summed E-state index contributed by atoms with van der Waals surface area (Å²) in [5.74, 6) is 2.38. The van der Waals surface area contributed by atoms with E-state index in [1.54, 1.807) is 0 Å². The summed E-state index contributed by atoms with van der Waals surface area (Å²) >= 11 is 0. The number of ether oxygens (including phenoxy) is 2. The smallest absolute Gasteiger partial charge is 0.191 e. The van der Waals surface area contributed by atoms with E-state index in [0.29, 0.717) is 19.7 Å². The molecule has 1 aliphatic heterocycles. The highest BCUT2D eigenvalue weighted by atomic mass is 16.6. The first-order valence-corrected chi connectivity index (χ1v) is 10.3. The van der Waals surface area contributed by atoms with Crippen LogP contribution in [0, 0.1) is 0 Å². The minimum Gasteiger partial charge on any atom is -0.486 e. The monoisotopic (exact) mass is 396 g/mol. The van der Waals surface area contributed by atoms with E-state index in [9.17, 15) is 0 Å². The lowest BCUT2D eigenvalue weighted by Crippen LogP contribution is -2.45. The number of aliphatic imine (C=N–C) groups is 1. The minimum atomic E-state index is -0.0540. The standard InChI is InChI=1S/C23H32N4O2/c1-4-24-23(25-14-18-9-8-10-19(13-18)16-27(3)5-2)26-15-20-17-28-21-11-6-7-12-22(21)29-20/h6-13,20H,4-5,14-17H2,1-3H3,(H2,24,25,26). The van der Waals surface area contributed by atoms with Gasteiger partial charge >= 0.3 is 0 Å². The second-order valence-electron chi connectivity index (χ2n) is 7.22. The molecule has 29 heavy (non-hydrogen) atoms. The molecule has 6 heteroatoms. The van der Waals surface area contributed by atoms with Crippen LogP contribution in [0.3, 0.4) is 0 Å². The van der Waals surface area contributed by atoms with Crippen molar-refractivity contribution >= 4 is 5.96 Å². The van der Waals surface area contributed by atoms with Gasteiger partial charge in [0, 0.05) is 13.1 Å². The van der Waals surface area contributed by atoms with Gasteiger partial charge in [0.15, 0.2) is 17.5 Å². The third-order valence-electron chi connectivity index (χ3n) is 4.81. The number of guanidine groups is 1. The quantitative estimate of drug-likeness (QED) is 0.531. The number of para-hydroxylation sites is 2. The highest BCUT2D eigenvalue weighted by molar-refractivity contribution is 5.79. The first-order valence-electron chi connectivity index (χ1n) is 10.3. The normalized spacial score (nSPS) is 16.0. The van der Waals surface area contributed by atoms with Gasteiger partial charge in [0.25, 0.3) is 0 Å². The number of nitrogens with one attached hydrogen (secondary N) is 2. The molecule has 0 aromatic heterocycles. The maximum Gasteiger partial charge on any atom is 0.191 e. The highest BCUT2D eigenvalue weighted by Crippen LogP contribution is 2.30. The summed E-state index contributed by atoms with van der Waals surface area (Å²) < 4.78 is 11.8. The number of hydrogen-bond donors (Lipinski definition) is 2. The SMILES string of the molecule is CCNC(=NCc1cccc(CN(C)CC)c1)NCC1COc2ccccc2O1. The van der Waals surface area contributed by atoms with Gasteiger partial charge < -0.3 is 25.0 Å². The number of benzene rings is 2. The first-order chi connectivity index (χ1) is 14.2. The first kappa shape index (κ1) is 21.0. The predicted molar refractivity (Wildman–Crippen MR) is 118 cm³/mol. The van der Waals surface area contributed by atoms with E-state index >= 15 is 0 Å².